The standard InChI is InChI=1S/C12H12Cl3NO3S/c13-10-5-8(20(15,18)19)4-9(11(10)14)12(17)16-6-7-2-1-3-7/h4-5,7H,1-3,6H2,(H,16,17). The van der Waals surface area contributed by atoms with Crippen LogP contribution in [-0.4, -0.2) is 20.9 Å². The van der Waals surface area contributed by atoms with Gasteiger partial charge in [-0.25, -0.2) is 8.42 Å². The zero-order valence-electron chi connectivity index (χ0n) is 10.3. The van der Waals surface area contributed by atoms with Crippen molar-refractivity contribution in [2.75, 3.05) is 6.54 Å². The van der Waals surface area contributed by atoms with Crippen molar-refractivity contribution in [1.82, 2.24) is 5.32 Å². The second-order valence-corrected chi connectivity index (χ2v) is 8.06. The predicted octanol–water partition coefficient (Wildman–Crippen LogP) is 3.45. The van der Waals surface area contributed by atoms with Crippen molar-refractivity contribution >= 4 is 48.8 Å². The minimum atomic E-state index is -3.97. The van der Waals surface area contributed by atoms with Gasteiger partial charge in [0.2, 0.25) is 0 Å². The molecule has 0 spiro atoms. The van der Waals surface area contributed by atoms with Gasteiger partial charge in [-0.3, -0.25) is 4.79 Å². The molecule has 0 heterocycles. The molecular weight excluding hydrogens is 345 g/mol. The van der Waals surface area contributed by atoms with E-state index in [1.54, 1.807) is 0 Å². The second kappa shape index (κ2) is 6.10. The Bertz CT molecular complexity index is 642. The lowest BCUT2D eigenvalue weighted by atomic mass is 9.85. The maximum absolute atomic E-state index is 12.0. The summed E-state index contributed by atoms with van der Waals surface area (Å²) >= 11 is 11.8. The highest BCUT2D eigenvalue weighted by molar-refractivity contribution is 8.13. The summed E-state index contributed by atoms with van der Waals surface area (Å²) in [7, 11) is 1.28. The van der Waals surface area contributed by atoms with Crippen LogP contribution in [0.5, 0.6) is 0 Å². The topological polar surface area (TPSA) is 63.2 Å². The van der Waals surface area contributed by atoms with E-state index in [9.17, 15) is 13.2 Å². The predicted molar refractivity (Wildman–Crippen MR) is 79.2 cm³/mol. The van der Waals surface area contributed by atoms with E-state index in [0.717, 1.165) is 25.0 Å². The molecule has 1 aliphatic rings. The molecular formula is C12H12Cl3NO3S. The Balaban J connectivity index is 2.24. The third-order valence-electron chi connectivity index (χ3n) is 3.30. The molecule has 0 atom stereocenters. The highest BCUT2D eigenvalue weighted by atomic mass is 35.7. The first-order chi connectivity index (χ1) is 9.29. The monoisotopic (exact) mass is 355 g/mol. The first-order valence-corrected chi connectivity index (χ1v) is 9.07. The number of carbonyl (C=O) groups is 1. The van der Waals surface area contributed by atoms with Crippen LogP contribution in [0.1, 0.15) is 29.6 Å². The summed E-state index contributed by atoms with van der Waals surface area (Å²) in [4.78, 5) is 11.8. The fourth-order valence-corrected chi connectivity index (χ4v) is 3.16. The van der Waals surface area contributed by atoms with E-state index < -0.39 is 15.0 Å². The first kappa shape index (κ1) is 15.9. The summed E-state index contributed by atoms with van der Waals surface area (Å²) < 4.78 is 22.6. The lowest BCUT2D eigenvalue weighted by Gasteiger charge is -2.25. The van der Waals surface area contributed by atoms with Gasteiger partial charge in [-0.15, -0.1) is 0 Å². The molecule has 0 radical (unpaired) electrons. The largest absolute Gasteiger partial charge is 0.352 e. The number of hydrogen-bond donors (Lipinski definition) is 1. The average molecular weight is 357 g/mol. The van der Waals surface area contributed by atoms with Gasteiger partial charge in [0.05, 0.1) is 20.5 Å². The van der Waals surface area contributed by atoms with Gasteiger partial charge in [0, 0.05) is 17.2 Å². The summed E-state index contributed by atoms with van der Waals surface area (Å²) in [5.74, 6) is 0.0270. The van der Waals surface area contributed by atoms with E-state index in [1.165, 1.54) is 6.42 Å². The Morgan fingerprint density at radius 3 is 2.45 bits per heavy atom. The van der Waals surface area contributed by atoms with Crippen LogP contribution in [0, 0.1) is 5.92 Å². The van der Waals surface area contributed by atoms with Crippen LogP contribution in [0.4, 0.5) is 0 Å². The molecule has 4 nitrogen and oxygen atoms in total. The molecule has 0 unspecified atom stereocenters. The lowest BCUT2D eigenvalue weighted by Crippen LogP contribution is -2.32. The number of amides is 1. The molecule has 1 aromatic rings. The summed E-state index contributed by atoms with van der Waals surface area (Å²) in [6.07, 6.45) is 3.35. The van der Waals surface area contributed by atoms with E-state index in [1.807, 2.05) is 0 Å². The third-order valence-corrected chi connectivity index (χ3v) is 5.44. The van der Waals surface area contributed by atoms with Gasteiger partial charge < -0.3 is 5.32 Å². The number of carbonyl (C=O) groups excluding carboxylic acids is 1. The van der Waals surface area contributed by atoms with E-state index in [-0.39, 0.29) is 20.5 Å². The Morgan fingerprint density at radius 2 is 1.95 bits per heavy atom. The molecule has 8 heteroatoms. The number of nitrogens with one attached hydrogen (secondary N) is 1. The molecule has 1 N–H and O–H groups in total. The molecule has 2 rings (SSSR count). The minimum Gasteiger partial charge on any atom is -0.352 e. The Labute approximate surface area is 131 Å². The Hall–Kier alpha value is -0.490. The molecule has 0 aliphatic heterocycles. The first-order valence-electron chi connectivity index (χ1n) is 6.01. The van der Waals surface area contributed by atoms with Crippen LogP contribution in [0.3, 0.4) is 0 Å². The lowest BCUT2D eigenvalue weighted by molar-refractivity contribution is 0.0939. The maximum atomic E-state index is 12.0. The van der Waals surface area contributed by atoms with Crippen LogP contribution in [0.2, 0.25) is 10.0 Å². The number of hydrogen-bond acceptors (Lipinski definition) is 3. The van der Waals surface area contributed by atoms with Crippen molar-refractivity contribution in [2.45, 2.75) is 24.2 Å². The molecule has 1 aliphatic carbocycles. The molecule has 110 valence electrons. The van der Waals surface area contributed by atoms with Crippen LogP contribution < -0.4 is 5.32 Å². The van der Waals surface area contributed by atoms with Gasteiger partial charge in [0.25, 0.3) is 15.0 Å². The highest BCUT2D eigenvalue weighted by Gasteiger charge is 2.22. The van der Waals surface area contributed by atoms with Crippen molar-refractivity contribution < 1.29 is 13.2 Å². The van der Waals surface area contributed by atoms with Gasteiger partial charge in [-0.2, -0.15) is 0 Å². The van der Waals surface area contributed by atoms with Crippen LogP contribution in [0.15, 0.2) is 17.0 Å². The van der Waals surface area contributed by atoms with Crippen LogP contribution in [-0.2, 0) is 9.05 Å². The summed E-state index contributed by atoms with van der Waals surface area (Å²) in [5.41, 5.74) is 0.0118. The molecule has 0 bridgehead atoms. The second-order valence-electron chi connectivity index (χ2n) is 4.71. The maximum Gasteiger partial charge on any atom is 0.261 e. The average Bonchev–Trinajstić information content (AvgIpc) is 2.28. The number of halogens is 3. The van der Waals surface area contributed by atoms with Gasteiger partial charge in [0.1, 0.15) is 0 Å². The molecule has 0 aromatic heterocycles. The van der Waals surface area contributed by atoms with E-state index in [4.69, 9.17) is 33.9 Å². The summed E-state index contributed by atoms with van der Waals surface area (Å²) in [5, 5.41) is 2.72. The van der Waals surface area contributed by atoms with Gasteiger partial charge in [-0.05, 0) is 30.9 Å². The van der Waals surface area contributed by atoms with Crippen molar-refractivity contribution in [3.63, 3.8) is 0 Å². The normalized spacial score (nSPS) is 15.8. The molecule has 20 heavy (non-hydrogen) atoms. The zero-order valence-corrected chi connectivity index (χ0v) is 13.4. The van der Waals surface area contributed by atoms with Crippen molar-refractivity contribution in [3.05, 3.63) is 27.7 Å². The molecule has 1 amide bonds. The molecule has 1 fully saturated rings. The fourth-order valence-electron chi connectivity index (χ4n) is 1.90. The van der Waals surface area contributed by atoms with E-state index in [0.29, 0.717) is 12.5 Å². The van der Waals surface area contributed by atoms with Crippen molar-refractivity contribution in [2.24, 2.45) is 5.92 Å². The fraction of sp³-hybridized carbons (Fsp3) is 0.417. The highest BCUT2D eigenvalue weighted by Crippen LogP contribution is 2.31. The van der Waals surface area contributed by atoms with Gasteiger partial charge in [-0.1, -0.05) is 29.6 Å². The molecule has 0 saturated heterocycles. The minimum absolute atomic E-state index is 0.0118. The van der Waals surface area contributed by atoms with Gasteiger partial charge >= 0.3 is 0 Å². The summed E-state index contributed by atoms with van der Waals surface area (Å²) in [6, 6.07) is 2.25. The number of benzene rings is 1. The third kappa shape index (κ3) is 3.58. The van der Waals surface area contributed by atoms with Crippen molar-refractivity contribution in [1.29, 1.82) is 0 Å². The molecule has 1 saturated carbocycles. The quantitative estimate of drug-likeness (QED) is 0.840. The van der Waals surface area contributed by atoms with Crippen LogP contribution in [0.25, 0.3) is 0 Å². The SMILES string of the molecule is O=C(NCC1CCC1)c1cc(S(=O)(=O)Cl)cc(Cl)c1Cl. The van der Waals surface area contributed by atoms with E-state index in [2.05, 4.69) is 5.32 Å². The zero-order chi connectivity index (χ0) is 14.9. The molecule has 1 aromatic carbocycles. The Morgan fingerprint density at radius 1 is 1.30 bits per heavy atom. The van der Waals surface area contributed by atoms with Crippen molar-refractivity contribution in [3.8, 4) is 0 Å². The number of rotatable bonds is 4. The van der Waals surface area contributed by atoms with Crippen LogP contribution >= 0.6 is 33.9 Å². The van der Waals surface area contributed by atoms with Gasteiger partial charge in [0.15, 0.2) is 0 Å². The summed E-state index contributed by atoms with van der Waals surface area (Å²) in [6.45, 7) is 0.546. The smallest absolute Gasteiger partial charge is 0.261 e. The van der Waals surface area contributed by atoms with E-state index >= 15 is 0 Å². The Kier molecular flexibility index (Phi) is 4.84.